The Morgan fingerprint density at radius 1 is 1.26 bits per heavy atom. The second-order valence-corrected chi connectivity index (χ2v) is 7.05. The molecule has 0 bridgehead atoms. The van der Waals surface area contributed by atoms with Gasteiger partial charge in [-0.1, -0.05) is 0 Å². The van der Waals surface area contributed by atoms with Gasteiger partial charge in [-0.05, 0) is 32.9 Å². The molecular weight excluding hydrogens is 355 g/mol. The fourth-order valence-corrected chi connectivity index (χ4v) is 3.80. The van der Waals surface area contributed by atoms with Crippen molar-refractivity contribution in [2.24, 2.45) is 5.92 Å². The van der Waals surface area contributed by atoms with Crippen LogP contribution in [0.4, 0.5) is 0 Å². The molecule has 0 spiro atoms. The van der Waals surface area contributed by atoms with E-state index >= 15 is 0 Å². The van der Waals surface area contributed by atoms with E-state index in [4.69, 9.17) is 0 Å². The zero-order valence-corrected chi connectivity index (χ0v) is 15.9. The second kappa shape index (κ2) is 9.79. The number of thiazole rings is 1. The molecule has 8 heteroatoms. The number of likely N-dealkylation sites (tertiary alicyclic amines) is 1. The van der Waals surface area contributed by atoms with Crippen molar-refractivity contribution in [1.82, 2.24) is 20.1 Å². The second-order valence-electron chi connectivity index (χ2n) is 5.98. The Kier molecular flexibility index (Phi) is 8.79. The minimum Gasteiger partial charge on any atom is -0.340 e. The number of carbonyl (C=O) groups excluding carboxylic acids is 1. The molecule has 2 aliphatic heterocycles. The van der Waals surface area contributed by atoms with Gasteiger partial charge >= 0.3 is 0 Å². The van der Waals surface area contributed by atoms with E-state index in [0.29, 0.717) is 5.91 Å². The van der Waals surface area contributed by atoms with Gasteiger partial charge in [-0.3, -0.25) is 9.69 Å². The van der Waals surface area contributed by atoms with Crippen LogP contribution in [0.3, 0.4) is 0 Å². The lowest BCUT2D eigenvalue weighted by atomic mass is 9.95. The monoisotopic (exact) mass is 380 g/mol. The number of hydrogen-bond donors (Lipinski definition) is 1. The average Bonchev–Trinajstić information content (AvgIpc) is 2.93. The summed E-state index contributed by atoms with van der Waals surface area (Å²) in [5, 5.41) is 6.58. The minimum absolute atomic E-state index is 0. The van der Waals surface area contributed by atoms with Gasteiger partial charge in [0.2, 0.25) is 5.91 Å². The number of rotatable bonds is 3. The maximum absolute atomic E-state index is 12.5. The fraction of sp³-hybridized carbons (Fsp3) is 0.733. The summed E-state index contributed by atoms with van der Waals surface area (Å²) < 4.78 is 0. The summed E-state index contributed by atoms with van der Waals surface area (Å²) in [6.07, 6.45) is 1.98. The molecule has 132 valence electrons. The van der Waals surface area contributed by atoms with Crippen molar-refractivity contribution >= 4 is 42.1 Å². The number of carbonyl (C=O) groups is 1. The molecule has 23 heavy (non-hydrogen) atoms. The van der Waals surface area contributed by atoms with Gasteiger partial charge in [-0.25, -0.2) is 4.98 Å². The summed E-state index contributed by atoms with van der Waals surface area (Å²) >= 11 is 1.71. The third-order valence-electron chi connectivity index (χ3n) is 4.42. The molecule has 0 aromatic carbocycles. The van der Waals surface area contributed by atoms with Crippen molar-refractivity contribution in [3.05, 3.63) is 16.1 Å². The Morgan fingerprint density at radius 3 is 2.48 bits per heavy atom. The van der Waals surface area contributed by atoms with E-state index in [9.17, 15) is 4.79 Å². The summed E-state index contributed by atoms with van der Waals surface area (Å²) in [5.41, 5.74) is 1.17. The quantitative estimate of drug-likeness (QED) is 0.870. The van der Waals surface area contributed by atoms with Gasteiger partial charge in [-0.2, -0.15) is 0 Å². The van der Waals surface area contributed by atoms with Gasteiger partial charge in [-0.15, -0.1) is 36.2 Å². The number of nitrogens with zero attached hydrogens (tertiary/aromatic N) is 3. The van der Waals surface area contributed by atoms with Crippen LogP contribution in [0, 0.1) is 12.8 Å². The van der Waals surface area contributed by atoms with Gasteiger partial charge < -0.3 is 10.2 Å². The highest BCUT2D eigenvalue weighted by molar-refractivity contribution is 7.09. The van der Waals surface area contributed by atoms with Crippen LogP contribution in [0.25, 0.3) is 0 Å². The van der Waals surface area contributed by atoms with Crippen LogP contribution in [-0.4, -0.2) is 60.0 Å². The first-order chi connectivity index (χ1) is 10.2. The lowest BCUT2D eigenvalue weighted by molar-refractivity contribution is -0.137. The van der Waals surface area contributed by atoms with E-state index < -0.39 is 0 Å². The zero-order chi connectivity index (χ0) is 14.7. The molecule has 1 aromatic rings. The first-order valence-corrected chi connectivity index (χ1v) is 8.73. The molecule has 1 amide bonds. The Hall–Kier alpha value is -0.400. The molecule has 0 atom stereocenters. The molecule has 3 rings (SSSR count). The number of aromatic nitrogens is 1. The lowest BCUT2D eigenvalue weighted by Gasteiger charge is -2.35. The molecule has 2 aliphatic rings. The normalized spacial score (nSPS) is 19.8. The number of amides is 1. The van der Waals surface area contributed by atoms with Crippen LogP contribution in [0.2, 0.25) is 0 Å². The Bertz CT molecular complexity index is 486. The van der Waals surface area contributed by atoms with Crippen molar-refractivity contribution in [3.8, 4) is 0 Å². The summed E-state index contributed by atoms with van der Waals surface area (Å²) in [6.45, 7) is 8.62. The summed E-state index contributed by atoms with van der Waals surface area (Å²) in [4.78, 5) is 21.5. The third-order valence-corrected chi connectivity index (χ3v) is 5.24. The topological polar surface area (TPSA) is 48.5 Å². The van der Waals surface area contributed by atoms with Gasteiger partial charge in [0.05, 0.1) is 10.7 Å². The van der Waals surface area contributed by atoms with Crippen molar-refractivity contribution < 1.29 is 4.79 Å². The highest BCUT2D eigenvalue weighted by atomic mass is 35.5. The number of halogens is 2. The van der Waals surface area contributed by atoms with Crippen molar-refractivity contribution in [2.75, 3.05) is 39.3 Å². The van der Waals surface area contributed by atoms with Crippen LogP contribution in [0.5, 0.6) is 0 Å². The maximum atomic E-state index is 12.5. The van der Waals surface area contributed by atoms with Crippen LogP contribution in [0.15, 0.2) is 5.38 Å². The van der Waals surface area contributed by atoms with Gasteiger partial charge in [0.1, 0.15) is 0 Å². The standard InChI is InChI=1S/C15H24N4OS.2ClH/c1-12-17-14(11-21-12)10-18-6-2-13(3-7-18)15(20)19-8-4-16-5-9-19;;/h11,13,16H,2-10H2,1H3;2*1H. The van der Waals surface area contributed by atoms with Crippen LogP contribution in [-0.2, 0) is 11.3 Å². The highest BCUT2D eigenvalue weighted by Gasteiger charge is 2.29. The van der Waals surface area contributed by atoms with Crippen LogP contribution in [0.1, 0.15) is 23.5 Å². The Morgan fingerprint density at radius 2 is 1.91 bits per heavy atom. The molecule has 2 saturated heterocycles. The maximum Gasteiger partial charge on any atom is 0.225 e. The zero-order valence-electron chi connectivity index (χ0n) is 13.5. The summed E-state index contributed by atoms with van der Waals surface area (Å²) in [6, 6.07) is 0. The first kappa shape index (κ1) is 20.6. The third kappa shape index (κ3) is 5.57. The molecule has 5 nitrogen and oxygen atoms in total. The number of hydrogen-bond acceptors (Lipinski definition) is 5. The van der Waals surface area contributed by atoms with Crippen molar-refractivity contribution in [2.45, 2.75) is 26.3 Å². The van der Waals surface area contributed by atoms with Gasteiger partial charge in [0.15, 0.2) is 0 Å². The van der Waals surface area contributed by atoms with E-state index in [-0.39, 0.29) is 30.7 Å². The SMILES string of the molecule is Cc1nc(CN2CCC(C(=O)N3CCNCC3)CC2)cs1.Cl.Cl. The van der Waals surface area contributed by atoms with E-state index in [1.165, 1.54) is 5.69 Å². The van der Waals surface area contributed by atoms with Gasteiger partial charge in [0, 0.05) is 44.0 Å². The molecule has 1 N–H and O–H groups in total. The van der Waals surface area contributed by atoms with Crippen molar-refractivity contribution in [1.29, 1.82) is 0 Å². The van der Waals surface area contributed by atoms with E-state index in [1.54, 1.807) is 11.3 Å². The van der Waals surface area contributed by atoms with Crippen molar-refractivity contribution in [3.63, 3.8) is 0 Å². The number of piperidine rings is 1. The van der Waals surface area contributed by atoms with E-state index in [2.05, 4.69) is 20.6 Å². The molecule has 0 unspecified atom stereocenters. The molecule has 2 fully saturated rings. The summed E-state index contributed by atoms with van der Waals surface area (Å²) in [5.74, 6) is 0.608. The molecular formula is C15H26Cl2N4OS. The highest BCUT2D eigenvalue weighted by Crippen LogP contribution is 2.21. The first-order valence-electron chi connectivity index (χ1n) is 7.85. The Balaban J connectivity index is 0.00000132. The minimum atomic E-state index is 0. The number of aryl methyl sites for hydroxylation is 1. The number of nitrogens with one attached hydrogen (secondary N) is 1. The Labute approximate surface area is 154 Å². The van der Waals surface area contributed by atoms with Crippen LogP contribution >= 0.6 is 36.2 Å². The number of piperazine rings is 1. The summed E-state index contributed by atoms with van der Waals surface area (Å²) in [7, 11) is 0. The predicted molar refractivity (Wildman–Crippen MR) is 98.8 cm³/mol. The molecule has 0 radical (unpaired) electrons. The average molecular weight is 381 g/mol. The molecule has 1 aromatic heterocycles. The van der Waals surface area contributed by atoms with E-state index in [1.807, 2.05) is 11.8 Å². The molecule has 3 heterocycles. The van der Waals surface area contributed by atoms with Gasteiger partial charge in [0.25, 0.3) is 0 Å². The van der Waals surface area contributed by atoms with E-state index in [0.717, 1.165) is 63.7 Å². The molecule has 0 saturated carbocycles. The largest absolute Gasteiger partial charge is 0.340 e. The predicted octanol–water partition coefficient (Wildman–Crippen LogP) is 1.94. The van der Waals surface area contributed by atoms with Crippen LogP contribution < -0.4 is 5.32 Å². The lowest BCUT2D eigenvalue weighted by Crippen LogP contribution is -2.50. The smallest absolute Gasteiger partial charge is 0.225 e. The fourth-order valence-electron chi connectivity index (χ4n) is 3.19. The molecule has 0 aliphatic carbocycles.